The van der Waals surface area contributed by atoms with Crippen LogP contribution in [-0.4, -0.2) is 0 Å². The molecule has 0 fully saturated rings. The monoisotopic (exact) mass is 303 g/mol. The largest absolute Gasteiger partial charge is 0.324 e. The van der Waals surface area contributed by atoms with Crippen molar-refractivity contribution in [1.82, 2.24) is 0 Å². The summed E-state index contributed by atoms with van der Waals surface area (Å²) in [5, 5.41) is 0. The molecule has 0 saturated carbocycles. The average molecular weight is 304 g/mol. The Hall–Kier alpha value is -1.12. The summed E-state index contributed by atoms with van der Waals surface area (Å²) in [4.78, 5) is 0. The van der Waals surface area contributed by atoms with E-state index in [1.165, 1.54) is 11.1 Å². The van der Waals surface area contributed by atoms with E-state index in [2.05, 4.69) is 58.4 Å². The number of hydrogen-bond acceptors (Lipinski definition) is 1. The number of nitrogens with two attached hydrogens (primary N) is 1. The van der Waals surface area contributed by atoms with E-state index in [1.807, 2.05) is 12.1 Å². The van der Waals surface area contributed by atoms with Gasteiger partial charge in [-0.05, 0) is 42.5 Å². The zero-order valence-corrected chi connectivity index (χ0v) is 11.9. The van der Waals surface area contributed by atoms with Gasteiger partial charge >= 0.3 is 0 Å². The molecule has 0 saturated heterocycles. The second kappa shape index (κ2) is 6.72. The standard InChI is InChI=1S/C16H18BrN/c17-15-11-9-14(10-12-15)16(18)8-4-7-13-5-2-1-3-6-13/h1-3,5-6,9-12,16H,4,7-8,18H2. The van der Waals surface area contributed by atoms with Gasteiger partial charge in [-0.3, -0.25) is 0 Å². The third kappa shape index (κ3) is 3.97. The molecule has 0 bridgehead atoms. The van der Waals surface area contributed by atoms with Crippen LogP contribution in [0.4, 0.5) is 0 Å². The summed E-state index contributed by atoms with van der Waals surface area (Å²) in [6, 6.07) is 19.0. The van der Waals surface area contributed by atoms with Crippen LogP contribution in [0.25, 0.3) is 0 Å². The predicted molar refractivity (Wildman–Crippen MR) is 80.5 cm³/mol. The van der Waals surface area contributed by atoms with Crippen LogP contribution in [0, 0.1) is 0 Å². The van der Waals surface area contributed by atoms with Crippen molar-refractivity contribution >= 4 is 15.9 Å². The maximum atomic E-state index is 6.19. The van der Waals surface area contributed by atoms with Gasteiger partial charge in [-0.1, -0.05) is 58.4 Å². The number of aryl methyl sites for hydroxylation is 1. The fourth-order valence-electron chi connectivity index (χ4n) is 2.05. The van der Waals surface area contributed by atoms with E-state index in [-0.39, 0.29) is 6.04 Å². The average Bonchev–Trinajstić information content (AvgIpc) is 2.40. The number of rotatable bonds is 5. The van der Waals surface area contributed by atoms with Crippen molar-refractivity contribution in [2.24, 2.45) is 5.73 Å². The molecule has 0 heterocycles. The van der Waals surface area contributed by atoms with Crippen molar-refractivity contribution in [3.05, 3.63) is 70.2 Å². The van der Waals surface area contributed by atoms with Gasteiger partial charge in [0, 0.05) is 10.5 Å². The van der Waals surface area contributed by atoms with E-state index in [0.29, 0.717) is 0 Å². The molecule has 2 rings (SSSR count). The highest BCUT2D eigenvalue weighted by molar-refractivity contribution is 9.10. The van der Waals surface area contributed by atoms with Crippen molar-refractivity contribution in [3.8, 4) is 0 Å². The van der Waals surface area contributed by atoms with Gasteiger partial charge in [0.1, 0.15) is 0 Å². The second-order valence-corrected chi connectivity index (χ2v) is 5.45. The molecule has 2 aromatic carbocycles. The summed E-state index contributed by atoms with van der Waals surface area (Å²) in [7, 11) is 0. The van der Waals surface area contributed by atoms with Crippen LogP contribution in [0.5, 0.6) is 0 Å². The number of halogens is 1. The minimum absolute atomic E-state index is 0.141. The molecule has 0 aliphatic heterocycles. The van der Waals surface area contributed by atoms with Gasteiger partial charge in [-0.25, -0.2) is 0 Å². The molecule has 1 atom stereocenters. The zero-order valence-electron chi connectivity index (χ0n) is 10.4. The molecule has 0 spiro atoms. The summed E-state index contributed by atoms with van der Waals surface area (Å²) in [6.07, 6.45) is 3.25. The number of benzene rings is 2. The third-order valence-corrected chi connectivity index (χ3v) is 3.65. The van der Waals surface area contributed by atoms with Gasteiger partial charge in [0.05, 0.1) is 0 Å². The highest BCUT2D eigenvalue weighted by Crippen LogP contribution is 2.19. The first-order valence-electron chi connectivity index (χ1n) is 6.30. The fourth-order valence-corrected chi connectivity index (χ4v) is 2.31. The van der Waals surface area contributed by atoms with E-state index in [0.717, 1.165) is 23.7 Å². The maximum absolute atomic E-state index is 6.19. The quantitative estimate of drug-likeness (QED) is 0.866. The lowest BCUT2D eigenvalue weighted by atomic mass is 10.00. The first-order chi connectivity index (χ1) is 8.75. The van der Waals surface area contributed by atoms with E-state index >= 15 is 0 Å². The predicted octanol–water partition coefficient (Wildman–Crippen LogP) is 4.47. The smallest absolute Gasteiger partial charge is 0.0294 e. The molecule has 0 aromatic heterocycles. The molecule has 1 nitrogen and oxygen atoms in total. The Morgan fingerprint density at radius 3 is 2.28 bits per heavy atom. The van der Waals surface area contributed by atoms with Crippen molar-refractivity contribution in [2.45, 2.75) is 25.3 Å². The van der Waals surface area contributed by atoms with Crippen LogP contribution in [-0.2, 0) is 6.42 Å². The third-order valence-electron chi connectivity index (χ3n) is 3.12. The molecular weight excluding hydrogens is 286 g/mol. The van der Waals surface area contributed by atoms with Crippen LogP contribution in [0.1, 0.15) is 30.0 Å². The lowest BCUT2D eigenvalue weighted by molar-refractivity contribution is 0.611. The minimum Gasteiger partial charge on any atom is -0.324 e. The normalized spacial score (nSPS) is 12.3. The van der Waals surface area contributed by atoms with Crippen molar-refractivity contribution in [1.29, 1.82) is 0 Å². The molecule has 2 heteroatoms. The van der Waals surface area contributed by atoms with Crippen molar-refractivity contribution in [3.63, 3.8) is 0 Å². The van der Waals surface area contributed by atoms with Gasteiger partial charge in [-0.2, -0.15) is 0 Å². The molecule has 0 radical (unpaired) electrons. The summed E-state index contributed by atoms with van der Waals surface area (Å²) in [5.41, 5.74) is 8.80. The molecule has 18 heavy (non-hydrogen) atoms. The topological polar surface area (TPSA) is 26.0 Å². The van der Waals surface area contributed by atoms with Gasteiger partial charge in [0.15, 0.2) is 0 Å². The Morgan fingerprint density at radius 1 is 0.944 bits per heavy atom. The molecule has 2 N–H and O–H groups in total. The summed E-state index contributed by atoms with van der Waals surface area (Å²) in [5.74, 6) is 0. The Balaban J connectivity index is 1.81. The van der Waals surface area contributed by atoms with Crippen LogP contribution < -0.4 is 5.73 Å². The fraction of sp³-hybridized carbons (Fsp3) is 0.250. The van der Waals surface area contributed by atoms with E-state index in [4.69, 9.17) is 5.73 Å². The molecule has 0 aliphatic carbocycles. The van der Waals surface area contributed by atoms with E-state index < -0.39 is 0 Å². The molecular formula is C16H18BrN. The summed E-state index contributed by atoms with van der Waals surface area (Å²) in [6.45, 7) is 0. The lowest BCUT2D eigenvalue weighted by Gasteiger charge is -2.12. The molecule has 0 amide bonds. The SMILES string of the molecule is NC(CCCc1ccccc1)c1ccc(Br)cc1. The Bertz CT molecular complexity index is 464. The van der Waals surface area contributed by atoms with Crippen LogP contribution in [0.3, 0.4) is 0 Å². The second-order valence-electron chi connectivity index (χ2n) is 4.54. The van der Waals surface area contributed by atoms with Crippen LogP contribution in [0.15, 0.2) is 59.1 Å². The lowest BCUT2D eigenvalue weighted by Crippen LogP contribution is -2.10. The van der Waals surface area contributed by atoms with Gasteiger partial charge < -0.3 is 5.73 Å². The Kier molecular flexibility index (Phi) is 4.97. The van der Waals surface area contributed by atoms with Crippen LogP contribution in [0.2, 0.25) is 0 Å². The molecule has 1 unspecified atom stereocenters. The molecule has 0 aliphatic rings. The highest BCUT2D eigenvalue weighted by atomic mass is 79.9. The van der Waals surface area contributed by atoms with E-state index in [9.17, 15) is 0 Å². The highest BCUT2D eigenvalue weighted by Gasteiger charge is 2.05. The Labute approximate surface area is 117 Å². The number of hydrogen-bond donors (Lipinski definition) is 1. The Morgan fingerprint density at radius 2 is 1.61 bits per heavy atom. The van der Waals surface area contributed by atoms with Gasteiger partial charge in [0.25, 0.3) is 0 Å². The minimum atomic E-state index is 0.141. The van der Waals surface area contributed by atoms with Crippen molar-refractivity contribution < 1.29 is 0 Å². The van der Waals surface area contributed by atoms with Crippen molar-refractivity contribution in [2.75, 3.05) is 0 Å². The van der Waals surface area contributed by atoms with Gasteiger partial charge in [0.2, 0.25) is 0 Å². The maximum Gasteiger partial charge on any atom is 0.0294 e. The summed E-state index contributed by atoms with van der Waals surface area (Å²) < 4.78 is 1.10. The van der Waals surface area contributed by atoms with E-state index in [1.54, 1.807) is 0 Å². The van der Waals surface area contributed by atoms with Gasteiger partial charge in [-0.15, -0.1) is 0 Å². The first kappa shape index (κ1) is 13.3. The van der Waals surface area contributed by atoms with Crippen LogP contribution >= 0.6 is 15.9 Å². The summed E-state index contributed by atoms with van der Waals surface area (Å²) >= 11 is 3.44. The zero-order chi connectivity index (χ0) is 12.8. The molecule has 94 valence electrons. The molecule has 2 aromatic rings. The first-order valence-corrected chi connectivity index (χ1v) is 7.10.